The fourth-order valence-electron chi connectivity index (χ4n) is 3.28. The van der Waals surface area contributed by atoms with Gasteiger partial charge in [0.25, 0.3) is 0 Å². The highest BCUT2D eigenvalue weighted by Gasteiger charge is 2.43. The van der Waals surface area contributed by atoms with Crippen LogP contribution in [0.2, 0.25) is 0 Å². The van der Waals surface area contributed by atoms with Crippen molar-refractivity contribution in [1.29, 1.82) is 0 Å². The predicted molar refractivity (Wildman–Crippen MR) is 122 cm³/mol. The molecule has 4 aromatic rings. The Hall–Kier alpha value is -3.33. The van der Waals surface area contributed by atoms with Crippen LogP contribution in [-0.2, 0) is 14.7 Å². The summed E-state index contributed by atoms with van der Waals surface area (Å²) >= 11 is 0. The van der Waals surface area contributed by atoms with Crippen molar-refractivity contribution >= 4 is 7.82 Å². The van der Waals surface area contributed by atoms with Crippen molar-refractivity contribution in [1.82, 2.24) is 0 Å². The van der Waals surface area contributed by atoms with Crippen LogP contribution >= 0.6 is 7.82 Å². The molecule has 0 N–H and O–H groups in total. The summed E-state index contributed by atoms with van der Waals surface area (Å²) < 4.78 is 32.1. The third-order valence-corrected chi connectivity index (χ3v) is 6.32. The van der Waals surface area contributed by atoms with Crippen molar-refractivity contribution in [3.63, 3.8) is 0 Å². The van der Waals surface area contributed by atoms with Crippen LogP contribution in [0.5, 0.6) is 11.5 Å². The number of para-hydroxylation sites is 2. The van der Waals surface area contributed by atoms with Crippen molar-refractivity contribution in [2.45, 2.75) is 12.5 Å². The SMILES string of the molecule is CC(OP(=O)(Oc1ccccc1)Oc1ccccc1)(c1ccccc1)c1ccccc1. The van der Waals surface area contributed by atoms with Gasteiger partial charge in [-0.1, -0.05) is 97.1 Å². The lowest BCUT2D eigenvalue weighted by atomic mass is 9.88. The average Bonchev–Trinajstić information content (AvgIpc) is 2.81. The summed E-state index contributed by atoms with van der Waals surface area (Å²) in [6.07, 6.45) is 0. The third kappa shape index (κ3) is 5.05. The second-order valence-corrected chi connectivity index (χ2v) is 8.55. The van der Waals surface area contributed by atoms with E-state index in [4.69, 9.17) is 13.6 Å². The molecule has 0 fully saturated rings. The van der Waals surface area contributed by atoms with E-state index in [1.807, 2.05) is 79.7 Å². The Morgan fingerprint density at radius 3 is 1.23 bits per heavy atom. The maximum Gasteiger partial charge on any atom is 0.588 e. The van der Waals surface area contributed by atoms with Gasteiger partial charge in [-0.05, 0) is 42.3 Å². The lowest BCUT2D eigenvalue weighted by Gasteiger charge is -2.33. The number of benzene rings is 4. The molecule has 0 bridgehead atoms. The first kappa shape index (κ1) is 20.9. The quantitative estimate of drug-likeness (QED) is 0.277. The maximum atomic E-state index is 14.0. The maximum absolute atomic E-state index is 14.0. The summed E-state index contributed by atoms with van der Waals surface area (Å²) in [5.74, 6) is 0.787. The van der Waals surface area contributed by atoms with Gasteiger partial charge < -0.3 is 9.05 Å². The Kier molecular flexibility index (Phi) is 6.22. The van der Waals surface area contributed by atoms with Gasteiger partial charge in [0.2, 0.25) is 0 Å². The smallest absolute Gasteiger partial charge is 0.395 e. The minimum atomic E-state index is -4.12. The van der Waals surface area contributed by atoms with Crippen LogP contribution in [0.4, 0.5) is 0 Å². The topological polar surface area (TPSA) is 44.8 Å². The molecule has 0 amide bonds. The summed E-state index contributed by atoms with van der Waals surface area (Å²) in [6.45, 7) is 1.87. The van der Waals surface area contributed by atoms with Gasteiger partial charge in [-0.15, -0.1) is 0 Å². The van der Waals surface area contributed by atoms with Gasteiger partial charge in [0.15, 0.2) is 0 Å². The Morgan fingerprint density at radius 2 is 0.871 bits per heavy atom. The molecule has 0 aliphatic rings. The zero-order valence-corrected chi connectivity index (χ0v) is 18.0. The molecule has 4 aromatic carbocycles. The summed E-state index contributed by atoms with van der Waals surface area (Å²) in [5.41, 5.74) is 0.575. The minimum Gasteiger partial charge on any atom is -0.395 e. The number of hydrogen-bond acceptors (Lipinski definition) is 4. The van der Waals surface area contributed by atoms with Crippen LogP contribution in [-0.4, -0.2) is 0 Å². The summed E-state index contributed by atoms with van der Waals surface area (Å²) in [7, 11) is -4.12. The lowest BCUT2D eigenvalue weighted by molar-refractivity contribution is 0.0882. The van der Waals surface area contributed by atoms with Gasteiger partial charge in [-0.25, -0.2) is 4.57 Å². The van der Waals surface area contributed by atoms with E-state index in [9.17, 15) is 4.57 Å². The van der Waals surface area contributed by atoms with Crippen LogP contribution in [0.15, 0.2) is 121 Å². The first-order chi connectivity index (χ1) is 15.1. The largest absolute Gasteiger partial charge is 0.588 e. The normalized spacial score (nSPS) is 11.6. The molecular formula is C26H23O4P. The van der Waals surface area contributed by atoms with E-state index in [1.165, 1.54) is 0 Å². The van der Waals surface area contributed by atoms with E-state index < -0.39 is 13.4 Å². The third-order valence-electron chi connectivity index (χ3n) is 4.86. The number of rotatable bonds is 8. The Morgan fingerprint density at radius 1 is 0.548 bits per heavy atom. The molecule has 31 heavy (non-hydrogen) atoms. The summed E-state index contributed by atoms with van der Waals surface area (Å²) in [5, 5.41) is 0. The molecule has 0 unspecified atom stereocenters. The molecule has 0 aliphatic carbocycles. The van der Waals surface area contributed by atoms with Crippen LogP contribution in [0, 0.1) is 0 Å². The van der Waals surface area contributed by atoms with E-state index in [0.717, 1.165) is 11.1 Å². The van der Waals surface area contributed by atoms with Gasteiger partial charge in [0.1, 0.15) is 17.1 Å². The number of phosphoric acid groups is 1. The van der Waals surface area contributed by atoms with Gasteiger partial charge >= 0.3 is 7.82 Å². The van der Waals surface area contributed by atoms with E-state index in [1.54, 1.807) is 48.5 Å². The fourth-order valence-corrected chi connectivity index (χ4v) is 4.81. The average molecular weight is 430 g/mol. The van der Waals surface area contributed by atoms with E-state index >= 15 is 0 Å². The monoisotopic (exact) mass is 430 g/mol. The molecule has 156 valence electrons. The molecule has 0 spiro atoms. The molecule has 0 heterocycles. The van der Waals surface area contributed by atoms with Crippen molar-refractivity contribution in [3.8, 4) is 11.5 Å². The second-order valence-electron chi connectivity index (χ2n) is 7.11. The molecule has 0 saturated heterocycles. The van der Waals surface area contributed by atoms with Crippen molar-refractivity contribution < 1.29 is 18.1 Å². The van der Waals surface area contributed by atoms with Gasteiger partial charge in [-0.3, -0.25) is 4.52 Å². The Bertz CT molecular complexity index is 1050. The molecule has 0 saturated carbocycles. The summed E-state index contributed by atoms with van der Waals surface area (Å²) in [6, 6.07) is 37.0. The molecule has 0 aliphatic heterocycles. The molecule has 0 aromatic heterocycles. The molecule has 0 radical (unpaired) electrons. The fraction of sp³-hybridized carbons (Fsp3) is 0.0769. The molecular weight excluding hydrogens is 407 g/mol. The van der Waals surface area contributed by atoms with Crippen LogP contribution < -0.4 is 9.05 Å². The molecule has 5 heteroatoms. The predicted octanol–water partition coefficient (Wildman–Crippen LogP) is 7.23. The second kappa shape index (κ2) is 9.22. The highest BCUT2D eigenvalue weighted by atomic mass is 31.2. The molecule has 4 rings (SSSR count). The zero-order chi connectivity index (χ0) is 21.6. The number of hydrogen-bond donors (Lipinski definition) is 0. The van der Waals surface area contributed by atoms with Crippen molar-refractivity contribution in [3.05, 3.63) is 132 Å². The lowest BCUT2D eigenvalue weighted by Crippen LogP contribution is -2.28. The highest BCUT2D eigenvalue weighted by Crippen LogP contribution is 2.56. The first-order valence-electron chi connectivity index (χ1n) is 9.99. The van der Waals surface area contributed by atoms with Gasteiger partial charge in [0.05, 0.1) is 0 Å². The van der Waals surface area contributed by atoms with Crippen LogP contribution in [0.25, 0.3) is 0 Å². The Labute approximate surface area is 182 Å². The van der Waals surface area contributed by atoms with E-state index in [-0.39, 0.29) is 0 Å². The van der Waals surface area contributed by atoms with Gasteiger partial charge in [0, 0.05) is 0 Å². The van der Waals surface area contributed by atoms with E-state index in [2.05, 4.69) is 0 Å². The van der Waals surface area contributed by atoms with E-state index in [0.29, 0.717) is 11.5 Å². The standard InChI is InChI=1S/C26H23O4P/c1-26(22-14-6-2-7-15-22,23-16-8-3-9-17-23)30-31(27,28-24-18-10-4-11-19-24)29-25-20-12-5-13-21-25/h2-21H,1H3. The van der Waals surface area contributed by atoms with Crippen LogP contribution in [0.3, 0.4) is 0 Å². The van der Waals surface area contributed by atoms with Crippen molar-refractivity contribution in [2.75, 3.05) is 0 Å². The minimum absolute atomic E-state index is 0.394. The zero-order valence-electron chi connectivity index (χ0n) is 17.1. The summed E-state index contributed by atoms with van der Waals surface area (Å²) in [4.78, 5) is 0. The van der Waals surface area contributed by atoms with Crippen LogP contribution in [0.1, 0.15) is 18.1 Å². The van der Waals surface area contributed by atoms with Crippen molar-refractivity contribution in [2.24, 2.45) is 0 Å². The Balaban J connectivity index is 1.78. The number of phosphoric ester groups is 1. The van der Waals surface area contributed by atoms with Gasteiger partial charge in [-0.2, -0.15) is 0 Å². The molecule has 0 atom stereocenters. The molecule has 4 nitrogen and oxygen atoms in total. The highest BCUT2D eigenvalue weighted by molar-refractivity contribution is 7.49. The first-order valence-corrected chi connectivity index (χ1v) is 11.4.